The van der Waals surface area contributed by atoms with Gasteiger partial charge in [0.25, 0.3) is 0 Å². The van der Waals surface area contributed by atoms with Gasteiger partial charge < -0.3 is 9.08 Å². The van der Waals surface area contributed by atoms with Gasteiger partial charge in [-0.2, -0.15) is 0 Å². The number of hydrogen-bond acceptors (Lipinski definition) is 6. The second-order valence-electron chi connectivity index (χ2n) is 3.02. The smallest absolute Gasteiger partial charge is 0.726 e. The Balaban J connectivity index is 0. The third-order valence-corrected chi connectivity index (χ3v) is 2.43. The zero-order valence-corrected chi connectivity index (χ0v) is 14.0. The van der Waals surface area contributed by atoms with Crippen molar-refractivity contribution in [3.63, 3.8) is 0 Å². The van der Waals surface area contributed by atoms with Gasteiger partial charge in [0.15, 0.2) is 7.37 Å². The molecule has 0 atom stereocenters. The first-order chi connectivity index (χ1) is 6.21. The number of rotatable bonds is 7. The summed E-state index contributed by atoms with van der Waals surface area (Å²) >= 11 is 0. The Bertz CT molecular complexity index is 297. The first-order valence-corrected chi connectivity index (χ1v) is 7.86. The normalized spacial score (nSPS) is 12.2. The van der Waals surface area contributed by atoms with Crippen molar-refractivity contribution in [1.29, 1.82) is 0 Å². The molecule has 0 spiro atoms. The van der Waals surface area contributed by atoms with Gasteiger partial charge in [-0.3, -0.25) is 8.75 Å². The van der Waals surface area contributed by atoms with E-state index in [2.05, 4.69) is 4.18 Å². The fourth-order valence-corrected chi connectivity index (χ4v) is 1.54. The first-order valence-electron chi connectivity index (χ1n) is 4.00. The van der Waals surface area contributed by atoms with Crippen molar-refractivity contribution in [2.24, 2.45) is 0 Å². The quantitative estimate of drug-likeness (QED) is 0.173. The Morgan fingerprint density at radius 1 is 1.20 bits per heavy atom. The largest absolute Gasteiger partial charge is 1.00 e. The molecule has 0 N–H and O–H groups in total. The van der Waals surface area contributed by atoms with Crippen LogP contribution in [0.1, 0.15) is 12.8 Å². The van der Waals surface area contributed by atoms with E-state index in [1.165, 1.54) is 13.3 Å². The Hall–Kier alpha value is 1.70. The topological polar surface area (TPSA) is 92.7 Å². The fraction of sp³-hybridized carbons (Fsp3) is 1.00. The molecule has 0 amide bonds. The van der Waals surface area contributed by atoms with Gasteiger partial charge in [0.05, 0.1) is 13.2 Å². The molecule has 0 radical (unpaired) electrons. The van der Waals surface area contributed by atoms with Crippen LogP contribution in [0.3, 0.4) is 0 Å². The predicted molar refractivity (Wildman–Crippen MR) is 50.3 cm³/mol. The first kappa shape index (κ1) is 19.0. The van der Waals surface area contributed by atoms with E-state index in [1.54, 1.807) is 0 Å². The molecule has 0 bridgehead atoms. The molecule has 0 aliphatic rings. The van der Waals surface area contributed by atoms with E-state index in [9.17, 15) is 17.5 Å². The van der Waals surface area contributed by atoms with Crippen LogP contribution in [0.2, 0.25) is 0 Å². The van der Waals surface area contributed by atoms with Crippen molar-refractivity contribution in [3.05, 3.63) is 0 Å². The summed E-state index contributed by atoms with van der Waals surface area (Å²) < 4.78 is 49.8. The maximum Gasteiger partial charge on any atom is 1.00 e. The zero-order chi connectivity index (χ0) is 11.2. The second kappa shape index (κ2) is 8.74. The van der Waals surface area contributed by atoms with Crippen molar-refractivity contribution in [3.8, 4) is 0 Å². The van der Waals surface area contributed by atoms with Crippen LogP contribution in [-0.2, 0) is 23.7 Å². The molecule has 0 aromatic rings. The summed E-state index contributed by atoms with van der Waals surface area (Å²) in [5.74, 6) is 0. The molecule has 0 aromatic carbocycles. The summed E-state index contributed by atoms with van der Waals surface area (Å²) in [7, 11) is -7.05. The molecule has 9 heteroatoms. The summed E-state index contributed by atoms with van der Waals surface area (Å²) in [6.07, 6.45) is 0.878. The molecule has 0 aliphatic carbocycles. The van der Waals surface area contributed by atoms with Crippen molar-refractivity contribution in [2.45, 2.75) is 12.8 Å². The molecule has 0 unspecified atom stereocenters. The zero-order valence-electron chi connectivity index (χ0n) is 9.13. The third kappa shape index (κ3) is 18.3. The maximum atomic E-state index is 11.0. The molecule has 0 saturated carbocycles. The van der Waals surface area contributed by atoms with Gasteiger partial charge in [-0.1, -0.05) is 0 Å². The molecular formula is C6H14KO6PS. The molecule has 86 valence electrons. The number of unbranched alkanes of at least 4 members (excludes halogenated alkanes) is 1. The van der Waals surface area contributed by atoms with E-state index in [-0.39, 0.29) is 64.6 Å². The summed E-state index contributed by atoms with van der Waals surface area (Å²) in [5, 5.41) is 0. The van der Waals surface area contributed by atoms with Gasteiger partial charge in [-0.05, 0) is 12.8 Å². The van der Waals surface area contributed by atoms with Crippen LogP contribution in [0.25, 0.3) is 0 Å². The van der Waals surface area contributed by atoms with Gasteiger partial charge in [0, 0.05) is 13.3 Å². The van der Waals surface area contributed by atoms with E-state index < -0.39 is 17.8 Å². The van der Waals surface area contributed by atoms with Gasteiger partial charge >= 0.3 is 51.4 Å². The molecule has 15 heavy (non-hydrogen) atoms. The van der Waals surface area contributed by atoms with Gasteiger partial charge in [0.2, 0.25) is 10.4 Å². The fourth-order valence-electron chi connectivity index (χ4n) is 0.650. The van der Waals surface area contributed by atoms with Crippen molar-refractivity contribution in [2.75, 3.05) is 26.5 Å². The molecule has 0 aromatic heterocycles. The van der Waals surface area contributed by atoms with Crippen molar-refractivity contribution >= 4 is 17.8 Å². The summed E-state index contributed by atoms with van der Waals surface area (Å²) in [6, 6.07) is 0. The van der Waals surface area contributed by atoms with Crippen LogP contribution in [0.4, 0.5) is 0 Å². The van der Waals surface area contributed by atoms with E-state index in [0.717, 1.165) is 0 Å². The summed E-state index contributed by atoms with van der Waals surface area (Å²) in [6.45, 7) is 3.09. The Morgan fingerprint density at radius 3 is 2.07 bits per heavy atom. The van der Waals surface area contributed by atoms with Gasteiger partial charge in [-0.25, -0.2) is 8.42 Å². The standard InChI is InChI=1S/C6H15O6PS.K/c1-13(2,7)11-5-3-4-6-12-14(8,9)10;/h3-6H2,1-2H3,(H,8,9,10);/q;+1/p-1. The van der Waals surface area contributed by atoms with E-state index in [1.807, 2.05) is 0 Å². The number of hydrogen-bond donors (Lipinski definition) is 0. The van der Waals surface area contributed by atoms with Gasteiger partial charge in [-0.15, -0.1) is 0 Å². The minimum Gasteiger partial charge on any atom is -0.726 e. The summed E-state index contributed by atoms with van der Waals surface area (Å²) in [5.41, 5.74) is 0. The van der Waals surface area contributed by atoms with Crippen LogP contribution in [0.5, 0.6) is 0 Å². The van der Waals surface area contributed by atoms with Crippen LogP contribution in [0.15, 0.2) is 0 Å². The van der Waals surface area contributed by atoms with Crippen LogP contribution in [0, 0.1) is 0 Å². The monoisotopic (exact) mass is 284 g/mol. The third-order valence-electron chi connectivity index (χ3n) is 1.17. The van der Waals surface area contributed by atoms with E-state index in [0.29, 0.717) is 12.8 Å². The average Bonchev–Trinajstić information content (AvgIpc) is 1.92. The Labute approximate surface area is 133 Å². The molecule has 0 saturated heterocycles. The minimum absolute atomic E-state index is 0. The van der Waals surface area contributed by atoms with Gasteiger partial charge in [0.1, 0.15) is 0 Å². The Kier molecular flexibility index (Phi) is 11.1. The van der Waals surface area contributed by atoms with Crippen LogP contribution >= 0.6 is 7.37 Å². The molecule has 0 rings (SSSR count). The van der Waals surface area contributed by atoms with E-state index in [4.69, 9.17) is 4.52 Å². The van der Waals surface area contributed by atoms with Crippen molar-refractivity contribution < 1.29 is 77.6 Å². The molecule has 0 fully saturated rings. The molecule has 6 nitrogen and oxygen atoms in total. The molecule has 0 aliphatic heterocycles. The van der Waals surface area contributed by atoms with E-state index >= 15 is 0 Å². The minimum atomic E-state index is -4.59. The molecular weight excluding hydrogens is 270 g/mol. The second-order valence-corrected chi connectivity index (χ2v) is 6.84. The Morgan fingerprint density at radius 2 is 1.67 bits per heavy atom. The predicted octanol–water partition coefficient (Wildman–Crippen LogP) is -2.20. The maximum absolute atomic E-state index is 11.0. The average molecular weight is 284 g/mol. The van der Waals surface area contributed by atoms with Crippen LogP contribution < -0.4 is 51.4 Å². The molecule has 0 heterocycles. The summed E-state index contributed by atoms with van der Waals surface area (Å²) in [4.78, 5) is 0. The van der Waals surface area contributed by atoms with Crippen LogP contribution in [-0.4, -0.2) is 39.5 Å². The SMILES string of the molecule is CP(C)(=O)OCCCCOS(=O)(=O)[O-].[K+]. The van der Waals surface area contributed by atoms with Crippen molar-refractivity contribution in [1.82, 2.24) is 0 Å².